The monoisotopic (exact) mass is 344 g/mol. The molecule has 0 saturated carbocycles. The summed E-state index contributed by atoms with van der Waals surface area (Å²) in [5.41, 5.74) is 6.01. The molecular formula is C18H20N2O5. The number of hydrogen-bond acceptors (Lipinski definition) is 5. The molecule has 7 heteroatoms. The van der Waals surface area contributed by atoms with Gasteiger partial charge in [0.15, 0.2) is 0 Å². The third-order valence-corrected chi connectivity index (χ3v) is 3.53. The van der Waals surface area contributed by atoms with Gasteiger partial charge in [0.25, 0.3) is 5.69 Å². The van der Waals surface area contributed by atoms with Gasteiger partial charge in [0.1, 0.15) is 17.1 Å². The topological polar surface area (TPSA) is 105 Å². The van der Waals surface area contributed by atoms with E-state index in [0.717, 1.165) is 5.56 Å². The molecule has 1 amide bonds. The second-order valence-electron chi connectivity index (χ2n) is 6.31. The highest BCUT2D eigenvalue weighted by atomic mass is 16.6. The minimum atomic E-state index is -0.807. The number of ether oxygens (including phenoxy) is 2. The van der Waals surface area contributed by atoms with E-state index in [1.165, 1.54) is 12.1 Å². The standard InChI is InChI=1S/C18H20N2O5/c1-12-10-14(20(22)23)6-9-16(12)24-15-7-4-13(5-8-15)11-18(2,3)25-17(19)21/h4-10H,11H2,1-3H3,(H2,19,21). The maximum absolute atomic E-state index is 10.9. The maximum atomic E-state index is 10.9. The van der Waals surface area contributed by atoms with Crippen molar-refractivity contribution < 1.29 is 19.2 Å². The molecule has 0 heterocycles. The summed E-state index contributed by atoms with van der Waals surface area (Å²) in [4.78, 5) is 21.2. The molecule has 0 radical (unpaired) electrons. The number of hydrogen-bond donors (Lipinski definition) is 1. The summed E-state index contributed by atoms with van der Waals surface area (Å²) in [6.07, 6.45) is -0.300. The van der Waals surface area contributed by atoms with Gasteiger partial charge in [0.05, 0.1) is 4.92 Å². The van der Waals surface area contributed by atoms with E-state index < -0.39 is 16.6 Å². The summed E-state index contributed by atoms with van der Waals surface area (Å²) in [5, 5.41) is 10.8. The molecule has 0 spiro atoms. The van der Waals surface area contributed by atoms with E-state index in [1.807, 2.05) is 12.1 Å². The van der Waals surface area contributed by atoms with Gasteiger partial charge < -0.3 is 15.2 Å². The molecule has 2 aromatic carbocycles. The molecular weight excluding hydrogens is 324 g/mol. The molecule has 132 valence electrons. The largest absolute Gasteiger partial charge is 0.457 e. The number of amides is 1. The number of nitrogens with zero attached hydrogens (tertiary/aromatic N) is 1. The average molecular weight is 344 g/mol. The zero-order chi connectivity index (χ0) is 18.6. The average Bonchev–Trinajstić information content (AvgIpc) is 2.49. The van der Waals surface area contributed by atoms with E-state index in [0.29, 0.717) is 23.5 Å². The van der Waals surface area contributed by atoms with Crippen LogP contribution in [0.5, 0.6) is 11.5 Å². The number of nitro groups is 1. The Hall–Kier alpha value is -3.09. The summed E-state index contributed by atoms with van der Waals surface area (Å²) in [7, 11) is 0. The van der Waals surface area contributed by atoms with Crippen molar-refractivity contribution in [1.29, 1.82) is 0 Å². The Morgan fingerprint density at radius 1 is 1.20 bits per heavy atom. The number of carbonyl (C=O) groups is 1. The van der Waals surface area contributed by atoms with Crippen LogP contribution in [0.4, 0.5) is 10.5 Å². The number of rotatable bonds is 6. The fourth-order valence-corrected chi connectivity index (χ4v) is 2.46. The van der Waals surface area contributed by atoms with Crippen molar-refractivity contribution in [2.45, 2.75) is 32.8 Å². The third-order valence-electron chi connectivity index (χ3n) is 3.53. The minimum Gasteiger partial charge on any atom is -0.457 e. The molecule has 0 saturated heterocycles. The molecule has 0 bridgehead atoms. The number of carbonyl (C=O) groups excluding carboxylic acids is 1. The first kappa shape index (κ1) is 18.3. The first-order valence-corrected chi connectivity index (χ1v) is 7.66. The Kier molecular flexibility index (Phi) is 5.26. The lowest BCUT2D eigenvalue weighted by molar-refractivity contribution is -0.384. The van der Waals surface area contributed by atoms with Crippen LogP contribution in [0.1, 0.15) is 25.0 Å². The number of aryl methyl sites for hydroxylation is 1. The fraction of sp³-hybridized carbons (Fsp3) is 0.278. The van der Waals surface area contributed by atoms with Gasteiger partial charge in [-0.2, -0.15) is 0 Å². The molecule has 0 aromatic heterocycles. The van der Waals surface area contributed by atoms with Crippen LogP contribution in [0.15, 0.2) is 42.5 Å². The molecule has 0 unspecified atom stereocenters. The van der Waals surface area contributed by atoms with Crippen LogP contribution in [0.25, 0.3) is 0 Å². The first-order valence-electron chi connectivity index (χ1n) is 7.66. The van der Waals surface area contributed by atoms with Gasteiger partial charge in [-0.15, -0.1) is 0 Å². The van der Waals surface area contributed by atoms with Gasteiger partial charge in [-0.05, 0) is 50.1 Å². The molecule has 0 aliphatic carbocycles. The Labute approximate surface area is 145 Å². The van der Waals surface area contributed by atoms with Crippen LogP contribution in [-0.4, -0.2) is 16.6 Å². The van der Waals surface area contributed by atoms with Crippen LogP contribution in [0.3, 0.4) is 0 Å². The SMILES string of the molecule is Cc1cc([N+](=O)[O-])ccc1Oc1ccc(CC(C)(C)OC(N)=O)cc1. The summed E-state index contributed by atoms with van der Waals surface area (Å²) in [6, 6.07) is 11.7. The lowest BCUT2D eigenvalue weighted by Crippen LogP contribution is -2.33. The predicted octanol–water partition coefficient (Wildman–Crippen LogP) is 4.11. The van der Waals surface area contributed by atoms with Crippen molar-refractivity contribution in [3.8, 4) is 11.5 Å². The van der Waals surface area contributed by atoms with Crippen LogP contribution in [0, 0.1) is 17.0 Å². The normalized spacial score (nSPS) is 11.0. The van der Waals surface area contributed by atoms with Crippen molar-refractivity contribution in [2.75, 3.05) is 0 Å². The Balaban J connectivity index is 2.08. The molecule has 25 heavy (non-hydrogen) atoms. The molecule has 2 rings (SSSR count). The Bertz CT molecular complexity index is 785. The zero-order valence-corrected chi connectivity index (χ0v) is 14.3. The quantitative estimate of drug-likeness (QED) is 0.627. The Morgan fingerprint density at radius 3 is 2.36 bits per heavy atom. The van der Waals surface area contributed by atoms with Gasteiger partial charge in [-0.3, -0.25) is 10.1 Å². The van der Waals surface area contributed by atoms with Gasteiger partial charge in [0, 0.05) is 18.6 Å². The van der Waals surface area contributed by atoms with Crippen molar-refractivity contribution in [3.63, 3.8) is 0 Å². The number of nitro benzene ring substituents is 1. The summed E-state index contributed by atoms with van der Waals surface area (Å²) < 4.78 is 10.8. The highest BCUT2D eigenvalue weighted by Gasteiger charge is 2.22. The van der Waals surface area contributed by atoms with Crippen molar-refractivity contribution in [1.82, 2.24) is 0 Å². The van der Waals surface area contributed by atoms with E-state index in [2.05, 4.69) is 0 Å². The highest BCUT2D eigenvalue weighted by molar-refractivity contribution is 5.65. The van der Waals surface area contributed by atoms with Crippen LogP contribution < -0.4 is 10.5 Å². The lowest BCUT2D eigenvalue weighted by atomic mass is 9.98. The zero-order valence-electron chi connectivity index (χ0n) is 14.3. The van der Waals surface area contributed by atoms with E-state index >= 15 is 0 Å². The van der Waals surface area contributed by atoms with E-state index in [4.69, 9.17) is 15.2 Å². The molecule has 7 nitrogen and oxygen atoms in total. The van der Waals surface area contributed by atoms with Crippen molar-refractivity contribution in [2.24, 2.45) is 5.73 Å². The molecule has 0 atom stereocenters. The molecule has 0 fully saturated rings. The van der Waals surface area contributed by atoms with Crippen molar-refractivity contribution in [3.05, 3.63) is 63.7 Å². The molecule has 0 aliphatic rings. The molecule has 0 aliphatic heterocycles. The lowest BCUT2D eigenvalue weighted by Gasteiger charge is -2.24. The first-order chi connectivity index (χ1) is 11.7. The Morgan fingerprint density at radius 2 is 1.84 bits per heavy atom. The van der Waals surface area contributed by atoms with Crippen molar-refractivity contribution >= 4 is 11.8 Å². The second kappa shape index (κ2) is 7.21. The van der Waals surface area contributed by atoms with Gasteiger partial charge in [0.2, 0.25) is 0 Å². The second-order valence-corrected chi connectivity index (χ2v) is 6.31. The minimum absolute atomic E-state index is 0.0249. The van der Waals surface area contributed by atoms with Crippen LogP contribution in [0.2, 0.25) is 0 Å². The van der Waals surface area contributed by atoms with Crippen LogP contribution >= 0.6 is 0 Å². The predicted molar refractivity (Wildman–Crippen MR) is 92.8 cm³/mol. The third kappa shape index (κ3) is 5.20. The summed E-state index contributed by atoms with van der Waals surface area (Å²) in [6.45, 7) is 5.31. The van der Waals surface area contributed by atoms with E-state index in [1.54, 1.807) is 39.0 Å². The van der Waals surface area contributed by atoms with E-state index in [-0.39, 0.29) is 5.69 Å². The van der Waals surface area contributed by atoms with Gasteiger partial charge in [-0.25, -0.2) is 4.79 Å². The fourth-order valence-electron chi connectivity index (χ4n) is 2.46. The number of primary amides is 1. The van der Waals surface area contributed by atoms with E-state index in [9.17, 15) is 14.9 Å². The molecule has 2 N–H and O–H groups in total. The smallest absolute Gasteiger partial charge is 0.405 e. The number of benzene rings is 2. The highest BCUT2D eigenvalue weighted by Crippen LogP contribution is 2.28. The number of non-ortho nitro benzene ring substituents is 1. The van der Waals surface area contributed by atoms with Gasteiger partial charge in [-0.1, -0.05) is 12.1 Å². The number of nitrogens with two attached hydrogens (primary N) is 1. The summed E-state index contributed by atoms with van der Waals surface area (Å²) in [5.74, 6) is 1.16. The van der Waals surface area contributed by atoms with Gasteiger partial charge >= 0.3 is 6.09 Å². The molecule has 2 aromatic rings. The summed E-state index contributed by atoms with van der Waals surface area (Å²) >= 11 is 0. The maximum Gasteiger partial charge on any atom is 0.405 e. The van der Waals surface area contributed by atoms with Crippen LogP contribution in [-0.2, 0) is 11.2 Å².